The van der Waals surface area contributed by atoms with Crippen LogP contribution in [-0.2, 0) is 21.4 Å². The van der Waals surface area contributed by atoms with E-state index in [0.29, 0.717) is 13.0 Å². The van der Waals surface area contributed by atoms with Crippen LogP contribution in [0, 0.1) is 0 Å². The Morgan fingerprint density at radius 2 is 1.58 bits per heavy atom. The molecule has 2 N–H and O–H groups in total. The second-order valence-electron chi connectivity index (χ2n) is 9.48. The summed E-state index contributed by atoms with van der Waals surface area (Å²) in [5.41, 5.74) is 3.47. The Morgan fingerprint density at radius 1 is 0.935 bits per heavy atom. The van der Waals surface area contributed by atoms with Gasteiger partial charge in [0.15, 0.2) is 0 Å². The van der Waals surface area contributed by atoms with E-state index in [-0.39, 0.29) is 23.3 Å². The minimum atomic E-state index is 0.00571. The summed E-state index contributed by atoms with van der Waals surface area (Å²) in [6.07, 6.45) is 3.03. The molecule has 1 aliphatic heterocycles. The van der Waals surface area contributed by atoms with Crippen LogP contribution in [0.5, 0.6) is 0 Å². The van der Waals surface area contributed by atoms with E-state index in [1.807, 2.05) is 30.3 Å². The lowest BCUT2D eigenvalue weighted by molar-refractivity contribution is -0.122. The smallest absolute Gasteiger partial charge is 0.238 e. The molecule has 0 aromatic heterocycles. The summed E-state index contributed by atoms with van der Waals surface area (Å²) >= 11 is 0. The Morgan fingerprint density at radius 3 is 2.19 bits per heavy atom. The van der Waals surface area contributed by atoms with Gasteiger partial charge >= 0.3 is 0 Å². The fraction of sp³-hybridized carbons (Fsp3) is 0.462. The van der Waals surface area contributed by atoms with Gasteiger partial charge in [-0.1, -0.05) is 63.2 Å². The Hall–Kier alpha value is -2.66. The number of hydrogen-bond acceptors (Lipinski definition) is 3. The summed E-state index contributed by atoms with van der Waals surface area (Å²) in [5.74, 6) is 0.117. The molecular formula is C26H35N3O2. The van der Waals surface area contributed by atoms with Gasteiger partial charge < -0.3 is 10.6 Å². The predicted octanol–water partition coefficient (Wildman–Crippen LogP) is 4.14. The first-order valence-corrected chi connectivity index (χ1v) is 11.3. The third kappa shape index (κ3) is 7.51. The van der Waals surface area contributed by atoms with Gasteiger partial charge in [-0.3, -0.25) is 14.5 Å². The molecule has 31 heavy (non-hydrogen) atoms. The van der Waals surface area contributed by atoms with Crippen LogP contribution in [0.2, 0.25) is 0 Å². The first kappa shape index (κ1) is 23.0. The fourth-order valence-electron chi connectivity index (χ4n) is 3.89. The summed E-state index contributed by atoms with van der Waals surface area (Å²) in [7, 11) is 0. The maximum absolute atomic E-state index is 12.4. The van der Waals surface area contributed by atoms with E-state index in [0.717, 1.165) is 38.0 Å². The number of benzene rings is 2. The van der Waals surface area contributed by atoms with E-state index < -0.39 is 0 Å². The lowest BCUT2D eigenvalue weighted by atomic mass is 9.86. The Labute approximate surface area is 186 Å². The van der Waals surface area contributed by atoms with Gasteiger partial charge in [-0.15, -0.1) is 0 Å². The van der Waals surface area contributed by atoms with Crippen molar-refractivity contribution >= 4 is 17.5 Å². The maximum atomic E-state index is 12.4. The van der Waals surface area contributed by atoms with E-state index in [2.05, 4.69) is 60.6 Å². The largest absolute Gasteiger partial charge is 0.353 e. The number of aryl methyl sites for hydroxylation is 1. The molecule has 0 bridgehead atoms. The molecular weight excluding hydrogens is 386 g/mol. The molecule has 166 valence electrons. The number of piperidine rings is 1. The van der Waals surface area contributed by atoms with Crippen LogP contribution in [0.25, 0.3) is 0 Å². The lowest BCUT2D eigenvalue weighted by Gasteiger charge is -2.31. The highest BCUT2D eigenvalue weighted by molar-refractivity contribution is 5.92. The molecule has 5 nitrogen and oxygen atoms in total. The van der Waals surface area contributed by atoms with Gasteiger partial charge in [0.25, 0.3) is 0 Å². The summed E-state index contributed by atoms with van der Waals surface area (Å²) in [6, 6.07) is 18.3. The van der Waals surface area contributed by atoms with Gasteiger partial charge in [0.1, 0.15) is 0 Å². The van der Waals surface area contributed by atoms with Crippen molar-refractivity contribution in [3.05, 3.63) is 65.7 Å². The monoisotopic (exact) mass is 421 g/mol. The number of rotatable bonds is 7. The van der Waals surface area contributed by atoms with Crippen molar-refractivity contribution in [1.82, 2.24) is 10.2 Å². The topological polar surface area (TPSA) is 61.4 Å². The molecule has 0 atom stereocenters. The molecule has 1 heterocycles. The molecule has 5 heteroatoms. The van der Waals surface area contributed by atoms with Crippen molar-refractivity contribution in [3.8, 4) is 0 Å². The molecule has 0 aliphatic carbocycles. The highest BCUT2D eigenvalue weighted by atomic mass is 16.2. The zero-order valence-corrected chi connectivity index (χ0v) is 19.0. The standard InChI is InChI=1S/C26H35N3O2/c1-26(2,3)21-12-9-20(10-13-21)11-14-24(30)27-23-15-17-29(18-16-23)19-25(31)28-22-7-5-4-6-8-22/h4-10,12-13,23H,11,14-19H2,1-3H3,(H,27,30)(H,28,31). The van der Waals surface area contributed by atoms with Crippen molar-refractivity contribution in [3.63, 3.8) is 0 Å². The van der Waals surface area contributed by atoms with Crippen molar-refractivity contribution in [2.24, 2.45) is 0 Å². The van der Waals surface area contributed by atoms with Gasteiger partial charge in [0.2, 0.25) is 11.8 Å². The second kappa shape index (κ2) is 10.6. The molecule has 1 fully saturated rings. The molecule has 3 rings (SSSR count). The fourth-order valence-corrected chi connectivity index (χ4v) is 3.89. The average molecular weight is 422 g/mol. The minimum absolute atomic E-state index is 0.00571. The van der Waals surface area contributed by atoms with Gasteiger partial charge in [0.05, 0.1) is 6.54 Å². The van der Waals surface area contributed by atoms with E-state index in [1.54, 1.807) is 0 Å². The number of nitrogens with zero attached hydrogens (tertiary/aromatic N) is 1. The van der Waals surface area contributed by atoms with Crippen LogP contribution in [0.1, 0.15) is 51.2 Å². The van der Waals surface area contributed by atoms with E-state index >= 15 is 0 Å². The number of carbonyl (C=O) groups excluding carboxylic acids is 2. The van der Waals surface area contributed by atoms with E-state index in [4.69, 9.17) is 0 Å². The number of carbonyl (C=O) groups is 2. The molecule has 0 unspecified atom stereocenters. The van der Waals surface area contributed by atoms with E-state index in [1.165, 1.54) is 11.1 Å². The maximum Gasteiger partial charge on any atom is 0.238 e. The van der Waals surface area contributed by atoms with Crippen LogP contribution in [0.15, 0.2) is 54.6 Å². The third-order valence-corrected chi connectivity index (χ3v) is 5.84. The number of para-hydroxylation sites is 1. The second-order valence-corrected chi connectivity index (χ2v) is 9.48. The predicted molar refractivity (Wildman–Crippen MR) is 126 cm³/mol. The quantitative estimate of drug-likeness (QED) is 0.706. The summed E-state index contributed by atoms with van der Waals surface area (Å²) in [6.45, 7) is 8.65. The normalized spacial score (nSPS) is 15.5. The van der Waals surface area contributed by atoms with Crippen molar-refractivity contribution in [2.45, 2.75) is 57.9 Å². The first-order valence-electron chi connectivity index (χ1n) is 11.3. The summed E-state index contributed by atoms with van der Waals surface area (Å²) in [4.78, 5) is 26.7. The SMILES string of the molecule is CC(C)(C)c1ccc(CCC(=O)NC2CCN(CC(=O)Nc3ccccc3)CC2)cc1. The number of hydrogen-bond donors (Lipinski definition) is 2. The first-order chi connectivity index (χ1) is 14.8. The number of amides is 2. The molecule has 2 aromatic carbocycles. The average Bonchev–Trinajstić information content (AvgIpc) is 2.74. The van der Waals surface area contributed by atoms with Crippen LogP contribution in [0.4, 0.5) is 5.69 Å². The molecule has 2 amide bonds. The number of anilines is 1. The Kier molecular flexibility index (Phi) is 7.85. The van der Waals surface area contributed by atoms with Crippen molar-refractivity contribution in [2.75, 3.05) is 25.0 Å². The van der Waals surface area contributed by atoms with Crippen LogP contribution in [-0.4, -0.2) is 42.4 Å². The highest BCUT2D eigenvalue weighted by Crippen LogP contribution is 2.22. The molecule has 0 radical (unpaired) electrons. The minimum Gasteiger partial charge on any atom is -0.353 e. The van der Waals surface area contributed by atoms with Crippen LogP contribution >= 0.6 is 0 Å². The highest BCUT2D eigenvalue weighted by Gasteiger charge is 2.22. The van der Waals surface area contributed by atoms with Gasteiger partial charge in [0, 0.05) is 31.2 Å². The molecule has 2 aromatic rings. The van der Waals surface area contributed by atoms with Crippen molar-refractivity contribution < 1.29 is 9.59 Å². The molecule has 1 saturated heterocycles. The van der Waals surface area contributed by atoms with Crippen LogP contribution < -0.4 is 10.6 Å². The van der Waals surface area contributed by atoms with Crippen molar-refractivity contribution in [1.29, 1.82) is 0 Å². The molecule has 0 saturated carbocycles. The van der Waals surface area contributed by atoms with Crippen LogP contribution in [0.3, 0.4) is 0 Å². The van der Waals surface area contributed by atoms with Gasteiger partial charge in [-0.25, -0.2) is 0 Å². The zero-order chi connectivity index (χ0) is 22.3. The lowest BCUT2D eigenvalue weighted by Crippen LogP contribution is -2.46. The summed E-state index contributed by atoms with van der Waals surface area (Å²) in [5, 5.41) is 6.10. The zero-order valence-electron chi connectivity index (χ0n) is 19.0. The molecule has 0 spiro atoms. The summed E-state index contributed by atoms with van der Waals surface area (Å²) < 4.78 is 0. The number of likely N-dealkylation sites (tertiary alicyclic amines) is 1. The Bertz CT molecular complexity index is 848. The number of nitrogens with one attached hydrogen (secondary N) is 2. The van der Waals surface area contributed by atoms with E-state index in [9.17, 15) is 9.59 Å². The van der Waals surface area contributed by atoms with Gasteiger partial charge in [-0.2, -0.15) is 0 Å². The van der Waals surface area contributed by atoms with Gasteiger partial charge in [-0.05, 0) is 47.9 Å². The Balaban J connectivity index is 1.34. The molecule has 1 aliphatic rings. The third-order valence-electron chi connectivity index (χ3n) is 5.84.